The second-order valence-corrected chi connectivity index (χ2v) is 3.91. The zero-order chi connectivity index (χ0) is 9.80. The predicted molar refractivity (Wildman–Crippen MR) is 56.2 cm³/mol. The van der Waals surface area contributed by atoms with E-state index in [9.17, 15) is 0 Å². The molecule has 0 radical (unpaired) electrons. The highest BCUT2D eigenvalue weighted by atomic mass is 32.1. The van der Waals surface area contributed by atoms with Crippen LogP contribution in [0.4, 0.5) is 0 Å². The standard InChI is InChI=1S/C9H12N4S/c1-10-6-8-11-2-4-13(8)7-9-12-3-5-14-9/h2-5,10H,6-7H2,1H3. The fourth-order valence-electron chi connectivity index (χ4n) is 1.29. The summed E-state index contributed by atoms with van der Waals surface area (Å²) in [4.78, 5) is 8.51. The normalized spacial score (nSPS) is 10.6. The summed E-state index contributed by atoms with van der Waals surface area (Å²) in [7, 11) is 1.92. The van der Waals surface area contributed by atoms with Crippen LogP contribution in [0.2, 0.25) is 0 Å². The number of imidazole rings is 1. The Kier molecular flexibility index (Phi) is 2.90. The average Bonchev–Trinajstić information content (AvgIpc) is 2.80. The number of thiazole rings is 1. The Morgan fingerprint density at radius 3 is 3.07 bits per heavy atom. The van der Waals surface area contributed by atoms with Gasteiger partial charge in [0.1, 0.15) is 10.8 Å². The molecule has 0 spiro atoms. The molecule has 0 amide bonds. The smallest absolute Gasteiger partial charge is 0.123 e. The summed E-state index contributed by atoms with van der Waals surface area (Å²) < 4.78 is 2.11. The number of nitrogens with one attached hydrogen (secondary N) is 1. The summed E-state index contributed by atoms with van der Waals surface area (Å²) in [6.45, 7) is 1.60. The first kappa shape index (κ1) is 9.36. The van der Waals surface area contributed by atoms with Gasteiger partial charge < -0.3 is 9.88 Å². The minimum Gasteiger partial charge on any atom is -0.327 e. The Morgan fingerprint density at radius 2 is 2.36 bits per heavy atom. The van der Waals surface area contributed by atoms with Crippen molar-refractivity contribution in [2.45, 2.75) is 13.1 Å². The van der Waals surface area contributed by atoms with Gasteiger partial charge in [-0.05, 0) is 7.05 Å². The molecule has 2 heterocycles. The molecule has 5 heteroatoms. The summed E-state index contributed by atoms with van der Waals surface area (Å²) in [5.74, 6) is 1.04. The van der Waals surface area contributed by atoms with Crippen LogP contribution in [0.1, 0.15) is 10.8 Å². The molecule has 2 aromatic heterocycles. The molecule has 0 unspecified atom stereocenters. The monoisotopic (exact) mass is 208 g/mol. The van der Waals surface area contributed by atoms with Crippen LogP contribution in [-0.4, -0.2) is 21.6 Å². The van der Waals surface area contributed by atoms with E-state index in [2.05, 4.69) is 19.9 Å². The lowest BCUT2D eigenvalue weighted by atomic mass is 10.5. The first-order chi connectivity index (χ1) is 6.90. The fraction of sp³-hybridized carbons (Fsp3) is 0.333. The zero-order valence-electron chi connectivity index (χ0n) is 7.97. The molecule has 0 aromatic carbocycles. The van der Waals surface area contributed by atoms with Crippen molar-refractivity contribution in [3.8, 4) is 0 Å². The van der Waals surface area contributed by atoms with Gasteiger partial charge in [0.25, 0.3) is 0 Å². The van der Waals surface area contributed by atoms with E-state index in [-0.39, 0.29) is 0 Å². The topological polar surface area (TPSA) is 42.7 Å². The molecule has 0 saturated carbocycles. The Hall–Kier alpha value is -1.20. The third-order valence-corrected chi connectivity index (χ3v) is 2.69. The van der Waals surface area contributed by atoms with Crippen LogP contribution < -0.4 is 5.32 Å². The summed E-state index contributed by atoms with van der Waals surface area (Å²) in [5.41, 5.74) is 0. The van der Waals surface area contributed by atoms with Crippen molar-refractivity contribution in [3.05, 3.63) is 34.8 Å². The zero-order valence-corrected chi connectivity index (χ0v) is 8.79. The van der Waals surface area contributed by atoms with Crippen LogP contribution in [0.5, 0.6) is 0 Å². The molecule has 0 fully saturated rings. The lowest BCUT2D eigenvalue weighted by molar-refractivity contribution is 0.671. The van der Waals surface area contributed by atoms with E-state index in [0.717, 1.165) is 23.9 Å². The van der Waals surface area contributed by atoms with Crippen LogP contribution in [0.25, 0.3) is 0 Å². The molecule has 0 bridgehead atoms. The van der Waals surface area contributed by atoms with Crippen molar-refractivity contribution in [1.82, 2.24) is 19.9 Å². The van der Waals surface area contributed by atoms with E-state index in [1.165, 1.54) is 0 Å². The summed E-state index contributed by atoms with van der Waals surface area (Å²) in [5, 5.41) is 6.19. The van der Waals surface area contributed by atoms with Gasteiger partial charge in [0.05, 0.1) is 13.1 Å². The summed E-state index contributed by atoms with van der Waals surface area (Å²) in [6, 6.07) is 0. The lowest BCUT2D eigenvalue weighted by Gasteiger charge is -2.04. The van der Waals surface area contributed by atoms with Crippen molar-refractivity contribution in [3.63, 3.8) is 0 Å². The first-order valence-corrected chi connectivity index (χ1v) is 5.31. The number of rotatable bonds is 4. The fourth-order valence-corrected chi connectivity index (χ4v) is 1.90. The Balaban J connectivity index is 2.12. The van der Waals surface area contributed by atoms with Gasteiger partial charge in [-0.1, -0.05) is 0 Å². The van der Waals surface area contributed by atoms with Gasteiger partial charge in [0, 0.05) is 24.0 Å². The van der Waals surface area contributed by atoms with E-state index < -0.39 is 0 Å². The van der Waals surface area contributed by atoms with Crippen LogP contribution >= 0.6 is 11.3 Å². The molecular formula is C9H12N4S. The number of hydrogen-bond acceptors (Lipinski definition) is 4. The number of nitrogens with zero attached hydrogens (tertiary/aromatic N) is 3. The highest BCUT2D eigenvalue weighted by Crippen LogP contribution is 2.08. The minimum atomic E-state index is 0.790. The number of hydrogen-bond donors (Lipinski definition) is 1. The molecule has 4 nitrogen and oxygen atoms in total. The molecule has 0 aliphatic carbocycles. The van der Waals surface area contributed by atoms with Gasteiger partial charge in [-0.15, -0.1) is 11.3 Å². The van der Waals surface area contributed by atoms with E-state index in [1.54, 1.807) is 11.3 Å². The van der Waals surface area contributed by atoms with Crippen molar-refractivity contribution in [2.24, 2.45) is 0 Å². The second-order valence-electron chi connectivity index (χ2n) is 2.93. The highest BCUT2D eigenvalue weighted by molar-refractivity contribution is 7.09. The molecule has 14 heavy (non-hydrogen) atoms. The number of aromatic nitrogens is 3. The molecule has 2 rings (SSSR count). The maximum Gasteiger partial charge on any atom is 0.123 e. The van der Waals surface area contributed by atoms with Crippen LogP contribution in [0.3, 0.4) is 0 Å². The SMILES string of the molecule is CNCc1nccn1Cc1nccs1. The average molecular weight is 208 g/mol. The van der Waals surface area contributed by atoms with Crippen molar-refractivity contribution in [2.75, 3.05) is 7.05 Å². The molecular weight excluding hydrogens is 196 g/mol. The molecule has 0 aliphatic heterocycles. The molecule has 0 atom stereocenters. The van der Waals surface area contributed by atoms with Gasteiger partial charge in [-0.2, -0.15) is 0 Å². The van der Waals surface area contributed by atoms with Crippen LogP contribution in [0.15, 0.2) is 24.0 Å². The van der Waals surface area contributed by atoms with E-state index in [4.69, 9.17) is 0 Å². The summed E-state index contributed by atoms with van der Waals surface area (Å²) in [6.07, 6.45) is 5.63. The molecule has 74 valence electrons. The van der Waals surface area contributed by atoms with E-state index >= 15 is 0 Å². The lowest BCUT2D eigenvalue weighted by Crippen LogP contribution is -2.12. The summed E-state index contributed by atoms with van der Waals surface area (Å²) >= 11 is 1.67. The molecule has 1 N–H and O–H groups in total. The van der Waals surface area contributed by atoms with E-state index in [1.807, 2.05) is 31.0 Å². The Labute approximate surface area is 86.6 Å². The van der Waals surface area contributed by atoms with Gasteiger partial charge in [0.2, 0.25) is 0 Å². The van der Waals surface area contributed by atoms with Crippen molar-refractivity contribution in [1.29, 1.82) is 0 Å². The van der Waals surface area contributed by atoms with Gasteiger partial charge in [-0.3, -0.25) is 0 Å². The Bertz CT molecular complexity index is 379. The van der Waals surface area contributed by atoms with Gasteiger partial charge >= 0.3 is 0 Å². The van der Waals surface area contributed by atoms with Gasteiger partial charge in [-0.25, -0.2) is 9.97 Å². The predicted octanol–water partition coefficient (Wildman–Crippen LogP) is 1.11. The van der Waals surface area contributed by atoms with Crippen molar-refractivity contribution >= 4 is 11.3 Å². The largest absolute Gasteiger partial charge is 0.327 e. The first-order valence-electron chi connectivity index (χ1n) is 4.43. The van der Waals surface area contributed by atoms with Crippen LogP contribution in [0, 0.1) is 0 Å². The van der Waals surface area contributed by atoms with E-state index in [0.29, 0.717) is 0 Å². The van der Waals surface area contributed by atoms with Crippen molar-refractivity contribution < 1.29 is 0 Å². The third kappa shape index (κ3) is 2.00. The third-order valence-electron chi connectivity index (χ3n) is 1.93. The second kappa shape index (κ2) is 4.34. The minimum absolute atomic E-state index is 0.790. The highest BCUT2D eigenvalue weighted by Gasteiger charge is 2.03. The maximum atomic E-state index is 4.26. The quantitative estimate of drug-likeness (QED) is 0.818. The maximum absolute atomic E-state index is 4.26. The van der Waals surface area contributed by atoms with Gasteiger partial charge in [0.15, 0.2) is 0 Å². The molecule has 2 aromatic rings. The Morgan fingerprint density at radius 1 is 1.43 bits per heavy atom. The molecule has 0 saturated heterocycles. The van der Waals surface area contributed by atoms with Crippen LogP contribution in [-0.2, 0) is 13.1 Å². The molecule has 0 aliphatic rings.